The van der Waals surface area contributed by atoms with Crippen molar-refractivity contribution in [1.29, 1.82) is 0 Å². The fourth-order valence-electron chi connectivity index (χ4n) is 1.14. The van der Waals surface area contributed by atoms with E-state index in [-0.39, 0.29) is 21.6 Å². The number of hydrogen-bond donors (Lipinski definition) is 0. The molecule has 0 saturated heterocycles. The standard InChI is InChI=1S/C10H9F3INO3/c1-3-17-9(16)6-4-7(18-10(11,12)13)5(2)15-8(6)14/h4H,3H2,1-2H3. The third-order valence-corrected chi connectivity index (χ3v) is 2.66. The molecule has 0 aliphatic rings. The number of pyridine rings is 1. The maximum absolute atomic E-state index is 12.1. The highest BCUT2D eigenvalue weighted by Crippen LogP contribution is 2.27. The first-order chi connectivity index (χ1) is 8.24. The van der Waals surface area contributed by atoms with Crippen LogP contribution in [0.3, 0.4) is 0 Å². The average Bonchev–Trinajstić information content (AvgIpc) is 2.20. The van der Waals surface area contributed by atoms with Crippen molar-refractivity contribution in [2.24, 2.45) is 0 Å². The highest BCUT2D eigenvalue weighted by atomic mass is 127. The quantitative estimate of drug-likeness (QED) is 0.463. The number of aryl methyl sites for hydroxylation is 1. The minimum absolute atomic E-state index is 0.0461. The molecule has 0 amide bonds. The number of alkyl halides is 3. The van der Waals surface area contributed by atoms with Gasteiger partial charge in [-0.1, -0.05) is 0 Å². The molecule has 0 unspecified atom stereocenters. The van der Waals surface area contributed by atoms with Crippen molar-refractivity contribution in [3.63, 3.8) is 0 Å². The molecule has 1 aromatic heterocycles. The molecule has 0 aliphatic heterocycles. The van der Waals surface area contributed by atoms with Crippen LogP contribution in [0.15, 0.2) is 6.07 Å². The summed E-state index contributed by atoms with van der Waals surface area (Å²) in [6.07, 6.45) is -4.83. The zero-order valence-electron chi connectivity index (χ0n) is 9.47. The van der Waals surface area contributed by atoms with Crippen LogP contribution < -0.4 is 4.74 Å². The van der Waals surface area contributed by atoms with Gasteiger partial charge in [0.15, 0.2) is 5.75 Å². The Bertz CT molecular complexity index is 462. The van der Waals surface area contributed by atoms with E-state index in [1.807, 2.05) is 0 Å². The number of hydrogen-bond acceptors (Lipinski definition) is 4. The SMILES string of the molecule is CCOC(=O)c1cc(OC(F)(F)F)c(C)nc1I. The van der Waals surface area contributed by atoms with E-state index in [0.29, 0.717) is 0 Å². The summed E-state index contributed by atoms with van der Waals surface area (Å²) in [5.74, 6) is -1.24. The van der Waals surface area contributed by atoms with Crippen LogP contribution in [-0.4, -0.2) is 23.9 Å². The number of ether oxygens (including phenoxy) is 2. The van der Waals surface area contributed by atoms with Crippen LogP contribution >= 0.6 is 22.6 Å². The molecule has 0 fully saturated rings. The zero-order valence-corrected chi connectivity index (χ0v) is 11.6. The molecule has 0 bridgehead atoms. The van der Waals surface area contributed by atoms with E-state index in [1.54, 1.807) is 29.5 Å². The summed E-state index contributed by atoms with van der Waals surface area (Å²) in [5, 5.41) is 0. The highest BCUT2D eigenvalue weighted by molar-refractivity contribution is 14.1. The first kappa shape index (κ1) is 15.0. The van der Waals surface area contributed by atoms with Crippen LogP contribution in [-0.2, 0) is 4.74 Å². The number of halogens is 4. The van der Waals surface area contributed by atoms with Crippen LogP contribution in [0, 0.1) is 10.6 Å². The van der Waals surface area contributed by atoms with Gasteiger partial charge in [0.2, 0.25) is 0 Å². The Morgan fingerprint density at radius 2 is 2.11 bits per heavy atom. The van der Waals surface area contributed by atoms with E-state index < -0.39 is 18.1 Å². The molecule has 0 aliphatic carbocycles. The van der Waals surface area contributed by atoms with Gasteiger partial charge in [-0.05, 0) is 42.5 Å². The van der Waals surface area contributed by atoms with Gasteiger partial charge < -0.3 is 9.47 Å². The van der Waals surface area contributed by atoms with Gasteiger partial charge in [0.25, 0.3) is 0 Å². The molecular weight excluding hydrogens is 366 g/mol. The minimum atomic E-state index is -4.83. The van der Waals surface area contributed by atoms with E-state index in [0.717, 1.165) is 6.07 Å². The summed E-state index contributed by atoms with van der Waals surface area (Å²) in [4.78, 5) is 15.3. The molecule has 0 atom stereocenters. The molecule has 8 heteroatoms. The molecule has 0 aromatic carbocycles. The summed E-state index contributed by atoms with van der Waals surface area (Å²) in [5.41, 5.74) is -0.00734. The van der Waals surface area contributed by atoms with Gasteiger partial charge in [-0.3, -0.25) is 0 Å². The summed E-state index contributed by atoms with van der Waals surface area (Å²) < 4.78 is 45.2. The van der Waals surface area contributed by atoms with Gasteiger partial charge in [0.05, 0.1) is 17.9 Å². The van der Waals surface area contributed by atoms with Crippen LogP contribution in [0.2, 0.25) is 0 Å². The average molecular weight is 375 g/mol. The van der Waals surface area contributed by atoms with Crippen molar-refractivity contribution in [3.05, 3.63) is 21.0 Å². The zero-order chi connectivity index (χ0) is 13.9. The lowest BCUT2D eigenvalue weighted by molar-refractivity contribution is -0.275. The fourth-order valence-corrected chi connectivity index (χ4v) is 1.88. The predicted molar refractivity (Wildman–Crippen MR) is 64.3 cm³/mol. The van der Waals surface area contributed by atoms with Crippen molar-refractivity contribution in [1.82, 2.24) is 4.98 Å². The van der Waals surface area contributed by atoms with Crippen molar-refractivity contribution in [2.45, 2.75) is 20.2 Å². The number of carbonyl (C=O) groups is 1. The number of rotatable bonds is 3. The second-order valence-corrected chi connectivity index (χ2v) is 4.20. The smallest absolute Gasteiger partial charge is 0.462 e. The third-order valence-electron chi connectivity index (χ3n) is 1.84. The Morgan fingerprint density at radius 1 is 1.50 bits per heavy atom. The van der Waals surface area contributed by atoms with Crippen LogP contribution in [0.1, 0.15) is 23.0 Å². The predicted octanol–water partition coefficient (Wildman–Crippen LogP) is 3.07. The first-order valence-corrected chi connectivity index (χ1v) is 5.92. The first-order valence-electron chi connectivity index (χ1n) is 4.84. The van der Waals surface area contributed by atoms with E-state index in [9.17, 15) is 18.0 Å². The van der Waals surface area contributed by atoms with Gasteiger partial charge in [0.1, 0.15) is 3.70 Å². The molecule has 1 heterocycles. The van der Waals surface area contributed by atoms with Crippen LogP contribution in [0.4, 0.5) is 13.2 Å². The molecule has 4 nitrogen and oxygen atoms in total. The highest BCUT2D eigenvalue weighted by Gasteiger charge is 2.32. The largest absolute Gasteiger partial charge is 0.573 e. The Morgan fingerprint density at radius 3 is 2.61 bits per heavy atom. The molecule has 0 spiro atoms. The molecule has 100 valence electrons. The Balaban J connectivity index is 3.14. The second-order valence-electron chi connectivity index (χ2n) is 3.18. The van der Waals surface area contributed by atoms with E-state index in [1.165, 1.54) is 6.92 Å². The van der Waals surface area contributed by atoms with E-state index in [2.05, 4.69) is 9.72 Å². The lowest BCUT2D eigenvalue weighted by Crippen LogP contribution is -2.19. The normalized spacial score (nSPS) is 11.2. The monoisotopic (exact) mass is 375 g/mol. The minimum Gasteiger partial charge on any atom is -0.462 e. The Kier molecular flexibility index (Phi) is 4.77. The molecule has 1 rings (SSSR count). The maximum Gasteiger partial charge on any atom is 0.573 e. The number of esters is 1. The van der Waals surface area contributed by atoms with Gasteiger partial charge in [0, 0.05) is 0 Å². The molecular formula is C10H9F3INO3. The lowest BCUT2D eigenvalue weighted by atomic mass is 10.2. The molecule has 0 radical (unpaired) electrons. The fraction of sp³-hybridized carbons (Fsp3) is 0.400. The van der Waals surface area contributed by atoms with Gasteiger partial charge >= 0.3 is 12.3 Å². The van der Waals surface area contributed by atoms with Gasteiger partial charge in [-0.25, -0.2) is 9.78 Å². The molecule has 0 saturated carbocycles. The third kappa shape index (κ3) is 4.00. The molecule has 18 heavy (non-hydrogen) atoms. The lowest BCUT2D eigenvalue weighted by Gasteiger charge is -2.12. The van der Waals surface area contributed by atoms with Crippen molar-refractivity contribution < 1.29 is 27.4 Å². The Hall–Kier alpha value is -1.06. The maximum atomic E-state index is 12.1. The summed E-state index contributed by atoms with van der Waals surface area (Å²) in [6, 6.07) is 0.982. The van der Waals surface area contributed by atoms with Crippen molar-refractivity contribution >= 4 is 28.6 Å². The van der Waals surface area contributed by atoms with Gasteiger partial charge in [-0.2, -0.15) is 0 Å². The van der Waals surface area contributed by atoms with Crippen LogP contribution in [0.25, 0.3) is 0 Å². The number of aromatic nitrogens is 1. The summed E-state index contributed by atoms with van der Waals surface area (Å²) in [6.45, 7) is 3.08. The van der Waals surface area contributed by atoms with Crippen molar-refractivity contribution in [3.8, 4) is 5.75 Å². The molecule has 1 aromatic rings. The number of nitrogens with zero attached hydrogens (tertiary/aromatic N) is 1. The van der Waals surface area contributed by atoms with Crippen molar-refractivity contribution in [2.75, 3.05) is 6.61 Å². The number of carbonyl (C=O) groups excluding carboxylic acids is 1. The topological polar surface area (TPSA) is 48.4 Å². The second kappa shape index (κ2) is 5.72. The van der Waals surface area contributed by atoms with E-state index >= 15 is 0 Å². The Labute approximate surface area is 115 Å². The van der Waals surface area contributed by atoms with E-state index in [4.69, 9.17) is 4.74 Å². The van der Waals surface area contributed by atoms with Gasteiger partial charge in [-0.15, -0.1) is 13.2 Å². The summed E-state index contributed by atoms with van der Waals surface area (Å²) in [7, 11) is 0. The molecule has 0 N–H and O–H groups in total. The van der Waals surface area contributed by atoms with Crippen LogP contribution in [0.5, 0.6) is 5.75 Å². The summed E-state index contributed by atoms with van der Waals surface area (Å²) >= 11 is 1.75.